The lowest BCUT2D eigenvalue weighted by Crippen LogP contribution is -2.36. The molecule has 0 bridgehead atoms. The first-order chi connectivity index (χ1) is 20.8. The third-order valence-electron chi connectivity index (χ3n) is 8.08. The minimum atomic E-state index is -1.48. The van der Waals surface area contributed by atoms with Crippen LogP contribution < -0.4 is 5.49 Å². The normalized spacial score (nSPS) is 13.5. The molecule has 1 N–H and O–H groups in total. The van der Waals surface area contributed by atoms with Crippen LogP contribution in [0.4, 0.5) is 0 Å². The Bertz CT molecular complexity index is 1920. The van der Waals surface area contributed by atoms with E-state index in [0.29, 0.717) is 11.2 Å². The number of aromatic nitrogens is 1. The Morgan fingerprint density at radius 3 is 2.12 bits per heavy atom. The van der Waals surface area contributed by atoms with E-state index in [9.17, 15) is 5.11 Å². The van der Waals surface area contributed by atoms with Crippen LogP contribution >= 0.6 is 0 Å². The molecule has 0 amide bonds. The van der Waals surface area contributed by atoms with Gasteiger partial charge in [-0.15, -0.1) is 0 Å². The second-order valence-corrected chi connectivity index (χ2v) is 10.8. The first-order valence-electron chi connectivity index (χ1n) is 14.4. The maximum atomic E-state index is 12.9. The number of aryl methyl sites for hydroxylation is 2. The van der Waals surface area contributed by atoms with Gasteiger partial charge in [0, 0.05) is 37.3 Å². The lowest BCUT2D eigenvalue weighted by Gasteiger charge is -2.36. The fourth-order valence-corrected chi connectivity index (χ4v) is 5.96. The Morgan fingerprint density at radius 2 is 1.51 bits per heavy atom. The number of rotatable bonds is 8. The molecule has 0 spiro atoms. The molecule has 5 rings (SSSR count). The average Bonchev–Trinajstić information content (AvgIpc) is 3.03. The van der Waals surface area contributed by atoms with Crippen LogP contribution in [0.1, 0.15) is 29.2 Å². The van der Waals surface area contributed by atoms with E-state index in [1.165, 1.54) is 0 Å². The van der Waals surface area contributed by atoms with Crippen LogP contribution in [0.15, 0.2) is 132 Å². The standard InChI is InChI=1S/C38H38N4O/c1-8-34(41(7)9-2)38(43,30-20-18-26(3)19-21-30)31-22-23-33-32(25-31)35(29-17-13-14-27(4)24-29)36(28-15-11-10-12-16-28)37(39-5)42(33)40-6/h8-25,43H,2,6H2,1,3-5,7H3/b34-8-,39-37?. The lowest BCUT2D eigenvalue weighted by atomic mass is 9.81. The summed E-state index contributed by atoms with van der Waals surface area (Å²) in [5, 5.41) is 18.2. The van der Waals surface area contributed by atoms with E-state index in [4.69, 9.17) is 4.99 Å². The predicted molar refractivity (Wildman–Crippen MR) is 180 cm³/mol. The van der Waals surface area contributed by atoms with Crippen LogP contribution in [-0.2, 0) is 5.60 Å². The van der Waals surface area contributed by atoms with Crippen molar-refractivity contribution in [3.63, 3.8) is 0 Å². The van der Waals surface area contributed by atoms with Gasteiger partial charge >= 0.3 is 0 Å². The van der Waals surface area contributed by atoms with Crippen LogP contribution in [0, 0.1) is 13.8 Å². The average molecular weight is 567 g/mol. The fraction of sp³-hybridized carbons (Fsp3) is 0.158. The number of pyridine rings is 1. The Labute approximate surface area is 254 Å². The molecule has 0 aliphatic heterocycles. The van der Waals surface area contributed by atoms with Crippen LogP contribution in [0.2, 0.25) is 0 Å². The largest absolute Gasteiger partial charge is 0.375 e. The SMILES string of the molecule is C=CN(C)/C(=C\C)C(O)(c1ccc(C)cc1)c1ccc2c(c1)c(-c1cccc(C)c1)c(-c1ccccc1)c(=NC)n2N=C. The number of fused-ring (bicyclic) bond motifs is 1. The maximum Gasteiger partial charge on any atom is 0.157 e. The van der Waals surface area contributed by atoms with Gasteiger partial charge in [0.25, 0.3) is 0 Å². The first kappa shape index (κ1) is 29.5. The third-order valence-corrected chi connectivity index (χ3v) is 8.08. The van der Waals surface area contributed by atoms with Crippen molar-refractivity contribution < 1.29 is 5.11 Å². The number of hydrogen-bond donors (Lipinski definition) is 1. The van der Waals surface area contributed by atoms with Gasteiger partial charge < -0.3 is 10.0 Å². The number of aliphatic hydroxyl groups is 1. The van der Waals surface area contributed by atoms with Gasteiger partial charge in [-0.25, -0.2) is 4.68 Å². The zero-order valence-electron chi connectivity index (χ0n) is 25.5. The molecule has 1 heterocycles. The number of allylic oxidation sites excluding steroid dienone is 1. The van der Waals surface area contributed by atoms with Crippen molar-refractivity contribution in [3.05, 3.63) is 149 Å². The van der Waals surface area contributed by atoms with Crippen LogP contribution in [0.5, 0.6) is 0 Å². The summed E-state index contributed by atoms with van der Waals surface area (Å²) in [5.41, 5.74) is 8.52. The molecule has 216 valence electrons. The van der Waals surface area contributed by atoms with Crippen LogP contribution in [0.3, 0.4) is 0 Å². The molecule has 5 heteroatoms. The molecule has 43 heavy (non-hydrogen) atoms. The smallest absolute Gasteiger partial charge is 0.157 e. The van der Waals surface area contributed by atoms with Crippen molar-refractivity contribution in [2.45, 2.75) is 26.4 Å². The summed E-state index contributed by atoms with van der Waals surface area (Å²) in [6.45, 7) is 14.0. The van der Waals surface area contributed by atoms with E-state index in [1.54, 1.807) is 17.9 Å². The Hall–Kier alpha value is -5.00. The number of likely N-dealkylation sites (N-methyl/N-ethyl adjacent to an activating group) is 1. The molecule has 0 aliphatic rings. The highest BCUT2D eigenvalue weighted by Crippen LogP contribution is 2.42. The van der Waals surface area contributed by atoms with Gasteiger partial charge in [-0.2, -0.15) is 5.10 Å². The zero-order chi connectivity index (χ0) is 30.7. The van der Waals surface area contributed by atoms with Gasteiger partial charge in [0.1, 0.15) is 0 Å². The van der Waals surface area contributed by atoms with Crippen molar-refractivity contribution in [2.75, 3.05) is 14.1 Å². The monoisotopic (exact) mass is 566 g/mol. The van der Waals surface area contributed by atoms with Gasteiger partial charge in [0.05, 0.1) is 11.2 Å². The van der Waals surface area contributed by atoms with Crippen molar-refractivity contribution in [1.29, 1.82) is 0 Å². The summed E-state index contributed by atoms with van der Waals surface area (Å²) in [6.07, 6.45) is 3.65. The molecule has 0 saturated heterocycles. The predicted octanol–water partition coefficient (Wildman–Crippen LogP) is 7.80. The van der Waals surface area contributed by atoms with Gasteiger partial charge in [-0.05, 0) is 61.4 Å². The second kappa shape index (κ2) is 12.1. The third kappa shape index (κ3) is 5.13. The van der Waals surface area contributed by atoms with Gasteiger partial charge in [0.2, 0.25) is 0 Å². The fourth-order valence-electron chi connectivity index (χ4n) is 5.96. The highest BCUT2D eigenvalue weighted by molar-refractivity contribution is 6.03. The van der Waals surface area contributed by atoms with Crippen molar-refractivity contribution in [3.8, 4) is 22.3 Å². The number of hydrogen-bond acceptors (Lipinski definition) is 4. The van der Waals surface area contributed by atoms with E-state index >= 15 is 0 Å². The Balaban J connectivity index is 1.99. The Kier molecular flexibility index (Phi) is 8.29. The van der Waals surface area contributed by atoms with E-state index in [1.807, 2.05) is 86.5 Å². The minimum Gasteiger partial charge on any atom is -0.375 e. The summed E-state index contributed by atoms with van der Waals surface area (Å²) in [7, 11) is 3.68. The highest BCUT2D eigenvalue weighted by Gasteiger charge is 2.38. The molecule has 5 nitrogen and oxygen atoms in total. The molecule has 0 fully saturated rings. The quantitative estimate of drug-likeness (QED) is 0.195. The second-order valence-electron chi connectivity index (χ2n) is 10.8. The van der Waals surface area contributed by atoms with Crippen molar-refractivity contribution >= 4 is 17.6 Å². The summed E-state index contributed by atoms with van der Waals surface area (Å²) in [5.74, 6) is 0. The van der Waals surface area contributed by atoms with Crippen LogP contribution in [-0.4, -0.2) is 35.5 Å². The molecule has 5 aromatic rings. The van der Waals surface area contributed by atoms with Gasteiger partial charge in [0.15, 0.2) is 11.1 Å². The van der Waals surface area contributed by atoms with E-state index in [0.717, 1.165) is 55.4 Å². The van der Waals surface area contributed by atoms with E-state index in [-0.39, 0.29) is 0 Å². The highest BCUT2D eigenvalue weighted by atomic mass is 16.3. The molecule has 1 atom stereocenters. The topological polar surface area (TPSA) is 53.1 Å². The maximum absolute atomic E-state index is 12.9. The molecule has 1 aromatic heterocycles. The van der Waals surface area contributed by atoms with E-state index in [2.05, 4.69) is 67.8 Å². The molecular formula is C38H38N4O. The summed E-state index contributed by atoms with van der Waals surface area (Å²) < 4.78 is 1.79. The molecule has 0 aliphatic carbocycles. The summed E-state index contributed by atoms with van der Waals surface area (Å²) in [6, 6.07) is 32.8. The lowest BCUT2D eigenvalue weighted by molar-refractivity contribution is 0.0969. The molecule has 0 radical (unpaired) electrons. The van der Waals surface area contributed by atoms with Crippen LogP contribution in [0.25, 0.3) is 33.2 Å². The zero-order valence-corrected chi connectivity index (χ0v) is 25.5. The van der Waals surface area contributed by atoms with Gasteiger partial charge in [-0.1, -0.05) is 109 Å². The number of nitrogens with zero attached hydrogens (tertiary/aromatic N) is 4. The molecule has 1 unspecified atom stereocenters. The molecule has 4 aromatic carbocycles. The number of benzene rings is 4. The van der Waals surface area contributed by atoms with Crippen molar-refractivity contribution in [1.82, 2.24) is 9.58 Å². The van der Waals surface area contributed by atoms with E-state index < -0.39 is 5.60 Å². The van der Waals surface area contributed by atoms with Gasteiger partial charge in [-0.3, -0.25) is 4.99 Å². The first-order valence-corrected chi connectivity index (χ1v) is 14.4. The minimum absolute atomic E-state index is 0.695. The Morgan fingerprint density at radius 1 is 0.837 bits per heavy atom. The van der Waals surface area contributed by atoms with Crippen molar-refractivity contribution in [2.24, 2.45) is 10.1 Å². The summed E-state index contributed by atoms with van der Waals surface area (Å²) in [4.78, 5) is 6.60. The summed E-state index contributed by atoms with van der Waals surface area (Å²) >= 11 is 0. The molecular weight excluding hydrogens is 528 g/mol. The molecule has 0 saturated carbocycles.